The number of allylic oxidation sites excluding steroid dienone is 2. The van der Waals surface area contributed by atoms with Gasteiger partial charge >= 0.3 is 0 Å². The molecule has 3 rings (SSSR count). The first-order chi connectivity index (χ1) is 12.4. The van der Waals surface area contributed by atoms with Crippen molar-refractivity contribution in [3.05, 3.63) is 11.1 Å². The Balaban J connectivity index is 1.72. The predicted octanol–water partition coefficient (Wildman–Crippen LogP) is 3.91. The Morgan fingerprint density at radius 2 is 1.88 bits per heavy atom. The molecule has 1 amide bonds. The first-order valence-corrected chi connectivity index (χ1v) is 11.6. The SMILES string of the molecule is CCC(N)C(=O)NC(C(=O)C1CC1I)[C@H](C)C1CCC2=C(CCCC2)C1. The van der Waals surface area contributed by atoms with E-state index in [1.54, 1.807) is 11.1 Å². The number of alkyl halides is 1. The largest absolute Gasteiger partial charge is 0.345 e. The fraction of sp³-hybridized carbons (Fsp3) is 0.810. The zero-order valence-corrected chi connectivity index (χ0v) is 18.3. The molecule has 0 heterocycles. The quantitative estimate of drug-likeness (QED) is 0.335. The molecule has 3 aliphatic rings. The van der Waals surface area contributed by atoms with Crippen molar-refractivity contribution in [2.24, 2.45) is 23.5 Å². The van der Waals surface area contributed by atoms with Crippen molar-refractivity contribution in [2.75, 3.05) is 0 Å². The van der Waals surface area contributed by atoms with Crippen LogP contribution in [0.15, 0.2) is 11.1 Å². The molecule has 4 nitrogen and oxygen atoms in total. The molecule has 5 unspecified atom stereocenters. The van der Waals surface area contributed by atoms with E-state index >= 15 is 0 Å². The highest BCUT2D eigenvalue weighted by molar-refractivity contribution is 14.1. The van der Waals surface area contributed by atoms with Gasteiger partial charge in [-0.1, -0.05) is 47.6 Å². The van der Waals surface area contributed by atoms with Crippen molar-refractivity contribution in [3.63, 3.8) is 0 Å². The average molecular weight is 472 g/mol. The highest BCUT2D eigenvalue weighted by atomic mass is 127. The first kappa shape index (κ1) is 20.3. The molecule has 3 aliphatic carbocycles. The van der Waals surface area contributed by atoms with Crippen LogP contribution >= 0.6 is 22.6 Å². The third-order valence-electron chi connectivity index (χ3n) is 6.76. The second kappa shape index (κ2) is 8.72. The summed E-state index contributed by atoms with van der Waals surface area (Å²) in [7, 11) is 0. The molecule has 0 aromatic rings. The van der Waals surface area contributed by atoms with Gasteiger partial charge in [0.2, 0.25) is 5.91 Å². The first-order valence-electron chi connectivity index (χ1n) is 10.4. The molecule has 5 heteroatoms. The van der Waals surface area contributed by atoms with Gasteiger partial charge in [-0.15, -0.1) is 0 Å². The monoisotopic (exact) mass is 472 g/mol. The van der Waals surface area contributed by atoms with Crippen LogP contribution in [0.2, 0.25) is 0 Å². The summed E-state index contributed by atoms with van der Waals surface area (Å²) in [6, 6.07) is -0.897. The van der Waals surface area contributed by atoms with Gasteiger partial charge in [0.05, 0.1) is 12.1 Å². The van der Waals surface area contributed by atoms with Gasteiger partial charge in [-0.3, -0.25) is 9.59 Å². The van der Waals surface area contributed by atoms with Gasteiger partial charge in [-0.05, 0) is 69.6 Å². The predicted molar refractivity (Wildman–Crippen MR) is 113 cm³/mol. The molecule has 0 bridgehead atoms. The second-order valence-corrected chi connectivity index (χ2v) is 10.1. The van der Waals surface area contributed by atoms with Crippen molar-refractivity contribution < 1.29 is 9.59 Å². The minimum Gasteiger partial charge on any atom is -0.345 e. The van der Waals surface area contributed by atoms with Gasteiger partial charge in [0.15, 0.2) is 5.78 Å². The zero-order chi connectivity index (χ0) is 18.8. The number of rotatable bonds is 7. The van der Waals surface area contributed by atoms with Crippen LogP contribution < -0.4 is 11.1 Å². The third-order valence-corrected chi connectivity index (χ3v) is 8.14. The zero-order valence-electron chi connectivity index (χ0n) is 16.1. The maximum Gasteiger partial charge on any atom is 0.237 e. The molecule has 1 saturated carbocycles. The number of ketones is 1. The van der Waals surface area contributed by atoms with E-state index in [0.29, 0.717) is 16.3 Å². The number of nitrogens with one attached hydrogen (secondary N) is 1. The van der Waals surface area contributed by atoms with Gasteiger partial charge in [0.25, 0.3) is 0 Å². The second-order valence-electron chi connectivity index (χ2n) is 8.54. The number of halogens is 1. The van der Waals surface area contributed by atoms with Crippen molar-refractivity contribution >= 4 is 34.3 Å². The van der Waals surface area contributed by atoms with Gasteiger partial charge < -0.3 is 11.1 Å². The summed E-state index contributed by atoms with van der Waals surface area (Å²) in [6.45, 7) is 4.08. The molecule has 0 saturated heterocycles. The minimum atomic E-state index is -0.522. The molecule has 6 atom stereocenters. The Bertz CT molecular complexity index is 589. The number of hydrogen-bond donors (Lipinski definition) is 2. The van der Waals surface area contributed by atoms with E-state index in [9.17, 15) is 9.59 Å². The summed E-state index contributed by atoms with van der Waals surface area (Å²) < 4.78 is 0.436. The summed E-state index contributed by atoms with van der Waals surface area (Å²) in [5.74, 6) is 0.851. The smallest absolute Gasteiger partial charge is 0.237 e. The maximum atomic E-state index is 13.1. The lowest BCUT2D eigenvalue weighted by molar-refractivity contribution is -0.130. The molecule has 0 aromatic carbocycles. The van der Waals surface area contributed by atoms with Gasteiger partial charge in [0.1, 0.15) is 0 Å². The van der Waals surface area contributed by atoms with Crippen LogP contribution in [-0.2, 0) is 9.59 Å². The van der Waals surface area contributed by atoms with E-state index in [-0.39, 0.29) is 29.6 Å². The number of hydrogen-bond acceptors (Lipinski definition) is 3. The molecule has 1 fully saturated rings. The summed E-state index contributed by atoms with van der Waals surface area (Å²) in [4.78, 5) is 25.5. The molecular weight excluding hydrogens is 439 g/mol. The van der Waals surface area contributed by atoms with E-state index in [2.05, 4.69) is 34.8 Å². The lowest BCUT2D eigenvalue weighted by Gasteiger charge is -2.37. The van der Waals surface area contributed by atoms with E-state index < -0.39 is 6.04 Å². The van der Waals surface area contributed by atoms with Crippen molar-refractivity contribution in [1.29, 1.82) is 0 Å². The van der Waals surface area contributed by atoms with Crippen LogP contribution in [0.3, 0.4) is 0 Å². The summed E-state index contributed by atoms with van der Waals surface area (Å²) in [5.41, 5.74) is 9.26. The standard InChI is InChI=1S/C21H33IN2O2/c1-3-18(23)21(26)24-19(20(25)16-11-17(16)22)12(2)14-9-8-13-6-4-5-7-15(13)10-14/h12,14,16-19H,3-11,23H2,1-2H3,(H,24,26)/t12-,14?,16?,17?,18?,19?/m1/s1. The van der Waals surface area contributed by atoms with Gasteiger partial charge in [0, 0.05) is 9.84 Å². The molecule has 3 N–H and O–H groups in total. The van der Waals surface area contributed by atoms with Crippen LogP contribution in [0.5, 0.6) is 0 Å². The highest BCUT2D eigenvalue weighted by Crippen LogP contribution is 2.44. The molecule has 0 aliphatic heterocycles. The fourth-order valence-corrected chi connectivity index (χ4v) is 5.58. The van der Waals surface area contributed by atoms with E-state index in [4.69, 9.17) is 5.73 Å². The van der Waals surface area contributed by atoms with Gasteiger partial charge in [-0.25, -0.2) is 0 Å². The van der Waals surface area contributed by atoms with Crippen LogP contribution in [0, 0.1) is 17.8 Å². The normalized spacial score (nSPS) is 31.6. The molecular formula is C21H33IN2O2. The topological polar surface area (TPSA) is 72.2 Å². The lowest BCUT2D eigenvalue weighted by Crippen LogP contribution is -2.53. The Kier molecular flexibility index (Phi) is 6.81. The molecule has 0 spiro atoms. The Morgan fingerprint density at radius 1 is 1.23 bits per heavy atom. The Morgan fingerprint density at radius 3 is 2.50 bits per heavy atom. The Labute approximate surface area is 171 Å². The number of carbonyl (C=O) groups is 2. The van der Waals surface area contributed by atoms with Crippen LogP contribution in [0.4, 0.5) is 0 Å². The summed E-state index contributed by atoms with van der Waals surface area (Å²) >= 11 is 2.36. The molecule has 26 heavy (non-hydrogen) atoms. The lowest BCUT2D eigenvalue weighted by atomic mass is 9.71. The van der Waals surface area contributed by atoms with E-state index in [0.717, 1.165) is 19.3 Å². The van der Waals surface area contributed by atoms with Crippen molar-refractivity contribution in [1.82, 2.24) is 5.32 Å². The van der Waals surface area contributed by atoms with Crippen LogP contribution in [-0.4, -0.2) is 27.7 Å². The molecule has 0 aromatic heterocycles. The van der Waals surface area contributed by atoms with E-state index in [1.807, 2.05) is 6.92 Å². The number of Topliss-reactive ketones (excluding diaryl/α,β-unsaturated/α-hetero) is 1. The van der Waals surface area contributed by atoms with Crippen molar-refractivity contribution in [2.45, 2.75) is 87.6 Å². The number of nitrogens with two attached hydrogens (primary N) is 1. The Hall–Kier alpha value is -0.430. The number of carbonyl (C=O) groups excluding carboxylic acids is 2. The summed E-state index contributed by atoms with van der Waals surface area (Å²) in [5, 5.41) is 3.05. The van der Waals surface area contributed by atoms with Gasteiger partial charge in [-0.2, -0.15) is 0 Å². The average Bonchev–Trinajstić information content (AvgIpc) is 3.40. The van der Waals surface area contributed by atoms with E-state index in [1.165, 1.54) is 32.1 Å². The minimum absolute atomic E-state index is 0.120. The van der Waals surface area contributed by atoms with Crippen molar-refractivity contribution in [3.8, 4) is 0 Å². The highest BCUT2D eigenvalue weighted by Gasteiger charge is 2.46. The maximum absolute atomic E-state index is 13.1. The van der Waals surface area contributed by atoms with Crippen LogP contribution in [0.25, 0.3) is 0 Å². The summed E-state index contributed by atoms with van der Waals surface area (Å²) in [6.07, 6.45) is 10.2. The third kappa shape index (κ3) is 4.51. The fourth-order valence-electron chi connectivity index (χ4n) is 4.67. The molecule has 0 radical (unpaired) electrons. The molecule has 146 valence electrons. The number of amides is 1. The van der Waals surface area contributed by atoms with Crippen LogP contribution in [0.1, 0.15) is 71.6 Å².